The largest absolute Gasteiger partial charge is 0.377 e. The van der Waals surface area contributed by atoms with Gasteiger partial charge >= 0.3 is 0 Å². The first-order valence-corrected chi connectivity index (χ1v) is 11.3. The highest BCUT2D eigenvalue weighted by Crippen LogP contribution is 2.22. The molecule has 0 unspecified atom stereocenters. The van der Waals surface area contributed by atoms with Crippen LogP contribution in [0.25, 0.3) is 0 Å². The summed E-state index contributed by atoms with van der Waals surface area (Å²) < 4.78 is 5.69. The highest BCUT2D eigenvalue weighted by molar-refractivity contribution is 14.0. The maximum atomic E-state index is 5.69. The predicted octanol–water partition coefficient (Wildman–Crippen LogP) is 4.32. The molecule has 1 aliphatic rings. The van der Waals surface area contributed by atoms with E-state index in [2.05, 4.69) is 80.5 Å². The molecule has 0 bridgehead atoms. The molecule has 2 N–H and O–H groups in total. The van der Waals surface area contributed by atoms with Crippen molar-refractivity contribution in [3.63, 3.8) is 0 Å². The molecule has 0 saturated carbocycles. The molecule has 0 amide bonds. The van der Waals surface area contributed by atoms with Crippen molar-refractivity contribution in [2.45, 2.75) is 66.0 Å². The van der Waals surface area contributed by atoms with Crippen LogP contribution < -0.4 is 10.6 Å². The zero-order valence-corrected chi connectivity index (χ0v) is 21.9. The Morgan fingerprint density at radius 1 is 1.20 bits per heavy atom. The zero-order chi connectivity index (χ0) is 21.1. The van der Waals surface area contributed by atoms with E-state index >= 15 is 0 Å². The molecule has 1 aliphatic heterocycles. The summed E-state index contributed by atoms with van der Waals surface area (Å²) in [6.45, 7) is 16.7. The van der Waals surface area contributed by atoms with Gasteiger partial charge in [-0.1, -0.05) is 44.2 Å². The number of aliphatic imine (C=N–C) groups is 1. The summed E-state index contributed by atoms with van der Waals surface area (Å²) >= 11 is 0. The van der Waals surface area contributed by atoms with Crippen LogP contribution in [0, 0.1) is 5.41 Å². The van der Waals surface area contributed by atoms with Crippen LogP contribution in [0.3, 0.4) is 0 Å². The third-order valence-corrected chi connectivity index (χ3v) is 5.32. The van der Waals surface area contributed by atoms with E-state index in [0.717, 1.165) is 64.6 Å². The molecule has 1 aromatic rings. The quantitative estimate of drug-likeness (QED) is 0.269. The van der Waals surface area contributed by atoms with Crippen LogP contribution in [-0.2, 0) is 11.2 Å². The summed E-state index contributed by atoms with van der Waals surface area (Å²) in [5.41, 5.74) is 1.50. The molecular formula is C24H43IN4O. The Labute approximate surface area is 201 Å². The number of rotatable bonds is 10. The van der Waals surface area contributed by atoms with Crippen LogP contribution >= 0.6 is 24.0 Å². The number of guanidine groups is 1. The van der Waals surface area contributed by atoms with Gasteiger partial charge in [-0.2, -0.15) is 0 Å². The molecule has 0 aromatic heterocycles. The lowest BCUT2D eigenvalue weighted by Crippen LogP contribution is -2.49. The number of ether oxygens (including phenoxy) is 1. The number of hydrogen-bond acceptors (Lipinski definition) is 3. The Kier molecular flexibility index (Phi) is 12.9. The average Bonchev–Trinajstić information content (AvgIpc) is 2.68. The van der Waals surface area contributed by atoms with Gasteiger partial charge in [-0.15, -0.1) is 24.0 Å². The third-order valence-electron chi connectivity index (χ3n) is 5.32. The van der Waals surface area contributed by atoms with Crippen molar-refractivity contribution in [2.75, 3.05) is 39.3 Å². The van der Waals surface area contributed by atoms with Crippen molar-refractivity contribution in [3.05, 3.63) is 35.9 Å². The Morgan fingerprint density at radius 2 is 1.87 bits per heavy atom. The Hall–Kier alpha value is -0.860. The molecule has 2 rings (SSSR count). The number of nitrogens with one attached hydrogen (secondary N) is 2. The van der Waals surface area contributed by atoms with Gasteiger partial charge in [-0.25, -0.2) is 0 Å². The lowest BCUT2D eigenvalue weighted by molar-refractivity contribution is 0.0532. The molecule has 0 aliphatic carbocycles. The number of piperidine rings is 1. The fraction of sp³-hybridized carbons (Fsp3) is 0.708. The fourth-order valence-corrected chi connectivity index (χ4v) is 3.73. The molecule has 0 radical (unpaired) electrons. The number of benzene rings is 1. The topological polar surface area (TPSA) is 48.9 Å². The second-order valence-corrected chi connectivity index (χ2v) is 9.20. The van der Waals surface area contributed by atoms with Crippen molar-refractivity contribution in [3.8, 4) is 0 Å². The van der Waals surface area contributed by atoms with Crippen LogP contribution in [0.4, 0.5) is 0 Å². The molecule has 6 heteroatoms. The van der Waals surface area contributed by atoms with Crippen molar-refractivity contribution in [1.29, 1.82) is 0 Å². The Balaban J connectivity index is 0.00000450. The van der Waals surface area contributed by atoms with E-state index in [-0.39, 0.29) is 29.4 Å². The van der Waals surface area contributed by atoms with Crippen molar-refractivity contribution < 1.29 is 4.74 Å². The van der Waals surface area contributed by atoms with E-state index in [1.807, 2.05) is 0 Å². The Bertz CT molecular complexity index is 598. The molecule has 0 atom stereocenters. The number of likely N-dealkylation sites (tertiary alicyclic amines) is 1. The van der Waals surface area contributed by atoms with Gasteiger partial charge in [0, 0.05) is 38.8 Å². The lowest BCUT2D eigenvalue weighted by atomic mass is 9.86. The maximum absolute atomic E-state index is 5.69. The zero-order valence-electron chi connectivity index (χ0n) is 19.6. The standard InChI is InChI=1S/C24H42N4O.HI/c1-6-25-23(26-19-24(4,5)18-21-10-8-7-9-11-21)27-22-12-14-28(15-13-22)16-17-29-20(2)3;/h7-11,20,22H,6,12-19H2,1-5H3,(H2,25,26,27);1H. The first-order chi connectivity index (χ1) is 13.9. The smallest absolute Gasteiger partial charge is 0.191 e. The van der Waals surface area contributed by atoms with E-state index in [4.69, 9.17) is 9.73 Å². The minimum absolute atomic E-state index is 0. The monoisotopic (exact) mass is 530 g/mol. The van der Waals surface area contributed by atoms with Gasteiger partial charge in [-0.3, -0.25) is 4.99 Å². The van der Waals surface area contributed by atoms with E-state index in [1.165, 1.54) is 5.56 Å². The molecule has 30 heavy (non-hydrogen) atoms. The van der Waals surface area contributed by atoms with E-state index in [0.29, 0.717) is 12.1 Å². The molecule has 1 saturated heterocycles. The Morgan fingerprint density at radius 3 is 2.47 bits per heavy atom. The van der Waals surface area contributed by atoms with Crippen molar-refractivity contribution >= 4 is 29.9 Å². The molecule has 172 valence electrons. The minimum atomic E-state index is 0. The molecule has 0 spiro atoms. The van der Waals surface area contributed by atoms with E-state index in [9.17, 15) is 0 Å². The normalized spacial score (nSPS) is 16.4. The predicted molar refractivity (Wildman–Crippen MR) is 139 cm³/mol. The summed E-state index contributed by atoms with van der Waals surface area (Å²) in [6, 6.07) is 11.2. The molecule has 1 aromatic carbocycles. The van der Waals surface area contributed by atoms with Gasteiger partial charge in [-0.05, 0) is 51.0 Å². The lowest BCUT2D eigenvalue weighted by Gasteiger charge is -2.33. The van der Waals surface area contributed by atoms with Crippen LogP contribution in [0.15, 0.2) is 35.3 Å². The van der Waals surface area contributed by atoms with Gasteiger partial charge in [0.2, 0.25) is 0 Å². The maximum Gasteiger partial charge on any atom is 0.191 e. The summed E-state index contributed by atoms with van der Waals surface area (Å²) in [7, 11) is 0. The van der Waals surface area contributed by atoms with Crippen molar-refractivity contribution in [2.24, 2.45) is 10.4 Å². The first kappa shape index (κ1) is 27.2. The third kappa shape index (κ3) is 11.0. The summed E-state index contributed by atoms with van der Waals surface area (Å²) in [5, 5.41) is 7.10. The molecule has 1 fully saturated rings. The van der Waals surface area contributed by atoms with E-state index < -0.39 is 0 Å². The number of halogens is 1. The fourth-order valence-electron chi connectivity index (χ4n) is 3.73. The number of nitrogens with zero attached hydrogens (tertiary/aromatic N) is 2. The molecule has 1 heterocycles. The minimum Gasteiger partial charge on any atom is -0.377 e. The molecular weight excluding hydrogens is 487 g/mol. The van der Waals surface area contributed by atoms with E-state index in [1.54, 1.807) is 0 Å². The van der Waals surface area contributed by atoms with Crippen LogP contribution in [0.2, 0.25) is 0 Å². The highest BCUT2D eigenvalue weighted by Gasteiger charge is 2.21. The van der Waals surface area contributed by atoms with Crippen LogP contribution in [-0.4, -0.2) is 62.3 Å². The van der Waals surface area contributed by atoms with Crippen molar-refractivity contribution in [1.82, 2.24) is 15.5 Å². The summed E-state index contributed by atoms with van der Waals surface area (Å²) in [4.78, 5) is 7.43. The second kappa shape index (κ2) is 14.2. The first-order valence-electron chi connectivity index (χ1n) is 11.3. The van der Waals surface area contributed by atoms with Gasteiger partial charge < -0.3 is 20.3 Å². The van der Waals surface area contributed by atoms with Gasteiger partial charge in [0.15, 0.2) is 5.96 Å². The van der Waals surface area contributed by atoms with Crippen LogP contribution in [0.1, 0.15) is 53.0 Å². The SMILES string of the molecule is CCNC(=NCC(C)(C)Cc1ccccc1)NC1CCN(CCOC(C)C)CC1.I. The van der Waals surface area contributed by atoms with Gasteiger partial charge in [0.1, 0.15) is 0 Å². The summed E-state index contributed by atoms with van der Waals surface area (Å²) in [6.07, 6.45) is 3.66. The van der Waals surface area contributed by atoms with Gasteiger partial charge in [0.25, 0.3) is 0 Å². The summed E-state index contributed by atoms with van der Waals surface area (Å²) in [5.74, 6) is 0.954. The number of hydrogen-bond donors (Lipinski definition) is 2. The van der Waals surface area contributed by atoms with Gasteiger partial charge in [0.05, 0.1) is 12.7 Å². The van der Waals surface area contributed by atoms with Crippen LogP contribution in [0.5, 0.6) is 0 Å². The highest BCUT2D eigenvalue weighted by atomic mass is 127. The molecule has 5 nitrogen and oxygen atoms in total. The average molecular weight is 531 g/mol. The second-order valence-electron chi connectivity index (χ2n) is 9.20.